The average molecular weight is 313 g/mol. The van der Waals surface area contributed by atoms with Gasteiger partial charge in [-0.1, -0.05) is 18.9 Å². The van der Waals surface area contributed by atoms with E-state index in [-0.39, 0.29) is 12.1 Å². The van der Waals surface area contributed by atoms with E-state index in [0.717, 1.165) is 16.6 Å². The molecule has 2 aromatic heterocycles. The Balaban J connectivity index is 1.74. The topological polar surface area (TPSA) is 41.3 Å². The molecule has 3 heterocycles. The van der Waals surface area contributed by atoms with Crippen molar-refractivity contribution in [1.29, 1.82) is 0 Å². The number of aromatic nitrogens is 1. The SMILES string of the molecule is S=C1NC(c2ccccn2)C(c2ccco2)N1C1CCCC1. The number of hydrogen-bond acceptors (Lipinski definition) is 3. The molecule has 2 aliphatic rings. The van der Waals surface area contributed by atoms with Crippen molar-refractivity contribution in [1.82, 2.24) is 15.2 Å². The van der Waals surface area contributed by atoms with Crippen molar-refractivity contribution in [3.05, 3.63) is 54.2 Å². The van der Waals surface area contributed by atoms with E-state index in [0.29, 0.717) is 6.04 Å². The summed E-state index contributed by atoms with van der Waals surface area (Å²) in [7, 11) is 0. The summed E-state index contributed by atoms with van der Waals surface area (Å²) in [5.74, 6) is 0.954. The maximum atomic E-state index is 5.74. The minimum absolute atomic E-state index is 0.0421. The van der Waals surface area contributed by atoms with E-state index in [1.165, 1.54) is 25.7 Å². The second-order valence-electron chi connectivity index (χ2n) is 5.99. The molecule has 5 heteroatoms. The highest BCUT2D eigenvalue weighted by Crippen LogP contribution is 2.42. The minimum Gasteiger partial charge on any atom is -0.467 e. The van der Waals surface area contributed by atoms with Gasteiger partial charge in [0.2, 0.25) is 0 Å². The first kappa shape index (κ1) is 13.8. The van der Waals surface area contributed by atoms with Gasteiger partial charge in [0.15, 0.2) is 5.11 Å². The Bertz CT molecular complexity index is 637. The lowest BCUT2D eigenvalue weighted by Crippen LogP contribution is -2.37. The van der Waals surface area contributed by atoms with Crippen LogP contribution in [0.3, 0.4) is 0 Å². The highest BCUT2D eigenvalue weighted by atomic mass is 32.1. The third-order valence-corrected chi connectivity index (χ3v) is 5.02. The largest absolute Gasteiger partial charge is 0.467 e. The lowest BCUT2D eigenvalue weighted by molar-refractivity contribution is 0.217. The van der Waals surface area contributed by atoms with Gasteiger partial charge in [0.05, 0.1) is 18.0 Å². The van der Waals surface area contributed by atoms with Gasteiger partial charge in [0, 0.05) is 12.2 Å². The first-order valence-electron chi connectivity index (χ1n) is 7.88. The second-order valence-corrected chi connectivity index (χ2v) is 6.37. The smallest absolute Gasteiger partial charge is 0.170 e. The average Bonchev–Trinajstić information content (AvgIpc) is 3.28. The lowest BCUT2D eigenvalue weighted by Gasteiger charge is -2.31. The van der Waals surface area contributed by atoms with E-state index in [1.54, 1.807) is 6.26 Å². The van der Waals surface area contributed by atoms with E-state index >= 15 is 0 Å². The molecule has 2 atom stereocenters. The summed E-state index contributed by atoms with van der Waals surface area (Å²) in [4.78, 5) is 6.87. The molecule has 1 N–H and O–H groups in total. The van der Waals surface area contributed by atoms with Crippen LogP contribution in [0.15, 0.2) is 47.2 Å². The summed E-state index contributed by atoms with van der Waals surface area (Å²) in [5.41, 5.74) is 1.01. The highest BCUT2D eigenvalue weighted by molar-refractivity contribution is 7.80. The fourth-order valence-corrected chi connectivity index (χ4v) is 4.09. The predicted molar refractivity (Wildman–Crippen MR) is 88.3 cm³/mol. The zero-order valence-electron chi connectivity index (χ0n) is 12.3. The van der Waals surface area contributed by atoms with Crippen molar-refractivity contribution in [3.8, 4) is 0 Å². The van der Waals surface area contributed by atoms with Crippen LogP contribution >= 0.6 is 12.2 Å². The molecule has 4 rings (SSSR count). The van der Waals surface area contributed by atoms with Gasteiger partial charge in [0.25, 0.3) is 0 Å². The molecule has 0 radical (unpaired) electrons. The molecule has 0 bridgehead atoms. The molecular formula is C17H19N3OS. The van der Waals surface area contributed by atoms with Gasteiger partial charge < -0.3 is 14.6 Å². The molecule has 114 valence electrons. The quantitative estimate of drug-likeness (QED) is 0.877. The summed E-state index contributed by atoms with van der Waals surface area (Å²) in [6.45, 7) is 0. The van der Waals surface area contributed by atoms with Crippen LogP contribution in [0.2, 0.25) is 0 Å². The molecule has 2 unspecified atom stereocenters. The number of furan rings is 1. The molecule has 2 fully saturated rings. The summed E-state index contributed by atoms with van der Waals surface area (Å²) in [5, 5.41) is 4.29. The number of thiocarbonyl (C=S) groups is 1. The monoisotopic (exact) mass is 313 g/mol. The molecule has 0 spiro atoms. The van der Waals surface area contributed by atoms with Crippen molar-refractivity contribution in [2.75, 3.05) is 0 Å². The lowest BCUT2D eigenvalue weighted by atomic mass is 10.0. The van der Waals surface area contributed by atoms with Crippen LogP contribution in [0.5, 0.6) is 0 Å². The van der Waals surface area contributed by atoms with E-state index in [2.05, 4.69) is 15.2 Å². The van der Waals surface area contributed by atoms with Crippen LogP contribution in [0.1, 0.15) is 49.2 Å². The van der Waals surface area contributed by atoms with E-state index < -0.39 is 0 Å². The number of rotatable bonds is 3. The van der Waals surface area contributed by atoms with Crippen molar-refractivity contribution >= 4 is 17.3 Å². The molecule has 1 saturated carbocycles. The zero-order chi connectivity index (χ0) is 14.9. The molecule has 2 aromatic rings. The number of nitrogens with one attached hydrogen (secondary N) is 1. The molecule has 0 amide bonds. The van der Waals surface area contributed by atoms with Gasteiger partial charge in [0.1, 0.15) is 11.8 Å². The van der Waals surface area contributed by atoms with Crippen LogP contribution in [0.25, 0.3) is 0 Å². The number of hydrogen-bond donors (Lipinski definition) is 1. The predicted octanol–water partition coefficient (Wildman–Crippen LogP) is 3.59. The van der Waals surface area contributed by atoms with Crippen molar-refractivity contribution in [3.63, 3.8) is 0 Å². The maximum absolute atomic E-state index is 5.74. The molecule has 1 aliphatic heterocycles. The molecule has 1 aliphatic carbocycles. The van der Waals surface area contributed by atoms with Crippen molar-refractivity contribution < 1.29 is 4.42 Å². The maximum Gasteiger partial charge on any atom is 0.170 e. The second kappa shape index (κ2) is 5.72. The molecular weight excluding hydrogens is 294 g/mol. The minimum atomic E-state index is 0.0421. The van der Waals surface area contributed by atoms with Gasteiger partial charge in [-0.15, -0.1) is 0 Å². The van der Waals surface area contributed by atoms with Gasteiger partial charge in [-0.25, -0.2) is 0 Å². The van der Waals surface area contributed by atoms with Crippen LogP contribution in [0.4, 0.5) is 0 Å². The van der Waals surface area contributed by atoms with Crippen LogP contribution < -0.4 is 5.32 Å². The summed E-state index contributed by atoms with van der Waals surface area (Å²) in [6, 6.07) is 10.6. The van der Waals surface area contributed by atoms with Crippen LogP contribution in [-0.2, 0) is 0 Å². The van der Waals surface area contributed by atoms with Gasteiger partial charge in [-0.05, 0) is 49.3 Å². The number of nitrogens with zero attached hydrogens (tertiary/aromatic N) is 2. The van der Waals surface area contributed by atoms with Crippen molar-refractivity contribution in [2.24, 2.45) is 0 Å². The first-order chi connectivity index (χ1) is 10.8. The Morgan fingerprint density at radius 1 is 1.18 bits per heavy atom. The molecule has 1 saturated heterocycles. The van der Waals surface area contributed by atoms with E-state index in [1.807, 2.05) is 36.5 Å². The molecule has 22 heavy (non-hydrogen) atoms. The highest BCUT2D eigenvalue weighted by Gasteiger charge is 2.44. The Morgan fingerprint density at radius 3 is 2.73 bits per heavy atom. The molecule has 0 aromatic carbocycles. The third-order valence-electron chi connectivity index (χ3n) is 4.69. The Hall–Kier alpha value is -1.88. The standard InChI is InChI=1S/C17H19N3OS/c22-17-19-15(13-8-3-4-10-18-13)16(14-9-5-11-21-14)20(17)12-6-1-2-7-12/h3-5,8-12,15-16H,1-2,6-7H2,(H,19,22). The number of pyridine rings is 1. The van der Waals surface area contributed by atoms with Crippen LogP contribution in [-0.4, -0.2) is 21.0 Å². The summed E-state index contributed by atoms with van der Waals surface area (Å²) < 4.78 is 5.74. The normalized spacial score (nSPS) is 25.6. The fourth-order valence-electron chi connectivity index (χ4n) is 3.71. The van der Waals surface area contributed by atoms with Gasteiger partial charge >= 0.3 is 0 Å². The Morgan fingerprint density at radius 2 is 2.05 bits per heavy atom. The first-order valence-corrected chi connectivity index (χ1v) is 8.28. The van der Waals surface area contributed by atoms with Crippen molar-refractivity contribution in [2.45, 2.75) is 43.8 Å². The zero-order valence-corrected chi connectivity index (χ0v) is 13.1. The van der Waals surface area contributed by atoms with Gasteiger partial charge in [-0.3, -0.25) is 4.98 Å². The Labute approximate surface area is 135 Å². The summed E-state index contributed by atoms with van der Waals surface area (Å²) in [6.07, 6.45) is 8.53. The molecule has 4 nitrogen and oxygen atoms in total. The fraction of sp³-hybridized carbons (Fsp3) is 0.412. The third kappa shape index (κ3) is 2.29. The van der Waals surface area contributed by atoms with Crippen LogP contribution in [0, 0.1) is 0 Å². The van der Waals surface area contributed by atoms with Gasteiger partial charge in [-0.2, -0.15) is 0 Å². The summed E-state index contributed by atoms with van der Waals surface area (Å²) >= 11 is 5.65. The Kier molecular flexibility index (Phi) is 3.58. The van der Waals surface area contributed by atoms with E-state index in [4.69, 9.17) is 16.6 Å². The van der Waals surface area contributed by atoms with E-state index in [9.17, 15) is 0 Å².